The van der Waals surface area contributed by atoms with E-state index < -0.39 is 0 Å². The highest BCUT2D eigenvalue weighted by atomic mass is 32.1. The highest BCUT2D eigenvalue weighted by molar-refractivity contribution is 7.71. The fraction of sp³-hybridized carbons (Fsp3) is 0.333. The predicted octanol–water partition coefficient (Wildman–Crippen LogP) is 2.65. The van der Waals surface area contributed by atoms with Crippen LogP contribution in [0, 0.1) is 4.77 Å². The molecule has 20 heavy (non-hydrogen) atoms. The van der Waals surface area contributed by atoms with Crippen LogP contribution >= 0.6 is 12.2 Å². The molecule has 106 valence electrons. The Hall–Kier alpha value is -1.88. The van der Waals surface area contributed by atoms with Crippen LogP contribution in [0.4, 0.5) is 5.69 Å². The van der Waals surface area contributed by atoms with Gasteiger partial charge in [-0.2, -0.15) is 0 Å². The Labute approximate surface area is 123 Å². The van der Waals surface area contributed by atoms with Gasteiger partial charge in [-0.05, 0) is 36.3 Å². The van der Waals surface area contributed by atoms with Crippen molar-refractivity contribution in [2.24, 2.45) is 0 Å². The lowest BCUT2D eigenvalue weighted by molar-refractivity contribution is 0.907. The van der Waals surface area contributed by atoms with Gasteiger partial charge in [0, 0.05) is 37.5 Å². The fourth-order valence-electron chi connectivity index (χ4n) is 2.16. The molecule has 0 amide bonds. The zero-order valence-corrected chi connectivity index (χ0v) is 12.8. The summed E-state index contributed by atoms with van der Waals surface area (Å²) in [6.07, 6.45) is 1.37. The lowest BCUT2D eigenvalue weighted by atomic mass is 10.0. The van der Waals surface area contributed by atoms with Crippen molar-refractivity contribution in [2.75, 3.05) is 19.0 Å². The van der Waals surface area contributed by atoms with E-state index in [0.29, 0.717) is 11.2 Å². The molecule has 0 bridgehead atoms. The second-order valence-electron chi connectivity index (χ2n) is 4.96. The molecule has 0 fully saturated rings. The van der Waals surface area contributed by atoms with Crippen LogP contribution in [0.2, 0.25) is 0 Å². The number of hydrogen-bond acceptors (Lipinski definition) is 3. The molecule has 0 atom stereocenters. The minimum Gasteiger partial charge on any atom is -0.378 e. The number of benzene rings is 1. The van der Waals surface area contributed by atoms with E-state index in [1.165, 1.54) is 0 Å². The molecule has 0 aliphatic heterocycles. The first-order valence-electron chi connectivity index (χ1n) is 6.62. The molecule has 0 aliphatic carbocycles. The number of aromatic amines is 2. The van der Waals surface area contributed by atoms with Crippen molar-refractivity contribution in [3.8, 4) is 0 Å². The van der Waals surface area contributed by atoms with Gasteiger partial charge in [-0.1, -0.05) is 19.1 Å². The van der Waals surface area contributed by atoms with Gasteiger partial charge in [0.15, 0.2) is 4.77 Å². The Kier molecular flexibility index (Phi) is 4.39. The molecule has 1 heterocycles. The zero-order chi connectivity index (χ0) is 14.7. The summed E-state index contributed by atoms with van der Waals surface area (Å²) in [5.74, 6) is 0. The molecule has 0 unspecified atom stereocenters. The zero-order valence-electron chi connectivity index (χ0n) is 12.0. The van der Waals surface area contributed by atoms with E-state index in [-0.39, 0.29) is 5.56 Å². The van der Waals surface area contributed by atoms with Gasteiger partial charge < -0.3 is 9.88 Å². The van der Waals surface area contributed by atoms with Crippen LogP contribution in [0.3, 0.4) is 0 Å². The van der Waals surface area contributed by atoms with Gasteiger partial charge in [0.1, 0.15) is 0 Å². The maximum atomic E-state index is 12.0. The van der Waals surface area contributed by atoms with Crippen LogP contribution in [0.5, 0.6) is 0 Å². The summed E-state index contributed by atoms with van der Waals surface area (Å²) in [7, 11) is 4.01. The van der Waals surface area contributed by atoms with Gasteiger partial charge in [-0.3, -0.25) is 9.78 Å². The molecular weight excluding hydrogens is 270 g/mol. The molecule has 5 heteroatoms. The van der Waals surface area contributed by atoms with Gasteiger partial charge in [-0.25, -0.2) is 0 Å². The summed E-state index contributed by atoms with van der Waals surface area (Å²) in [6, 6.07) is 8.21. The molecule has 2 N–H and O–H groups in total. The Bertz CT molecular complexity index is 698. The summed E-state index contributed by atoms with van der Waals surface area (Å²) >= 11 is 5.01. The SMILES string of the molecule is CCc1[nH]c(=S)[nH]c(=O)c1Cc1ccc(N(C)C)cc1. The summed E-state index contributed by atoms with van der Waals surface area (Å²) < 4.78 is 0.388. The molecule has 0 saturated heterocycles. The third kappa shape index (κ3) is 3.17. The Morgan fingerprint density at radius 3 is 2.35 bits per heavy atom. The quantitative estimate of drug-likeness (QED) is 0.851. The predicted molar refractivity (Wildman–Crippen MR) is 85.2 cm³/mol. The molecule has 1 aromatic carbocycles. The lowest BCUT2D eigenvalue weighted by Gasteiger charge is -2.13. The summed E-state index contributed by atoms with van der Waals surface area (Å²) in [5, 5.41) is 0. The Morgan fingerprint density at radius 2 is 1.80 bits per heavy atom. The highest BCUT2D eigenvalue weighted by Crippen LogP contribution is 2.15. The van der Waals surface area contributed by atoms with Gasteiger partial charge in [0.2, 0.25) is 0 Å². The van der Waals surface area contributed by atoms with Crippen molar-refractivity contribution in [2.45, 2.75) is 19.8 Å². The van der Waals surface area contributed by atoms with E-state index in [4.69, 9.17) is 12.2 Å². The molecule has 4 nitrogen and oxygen atoms in total. The smallest absolute Gasteiger partial charge is 0.255 e. The topological polar surface area (TPSA) is 51.9 Å². The van der Waals surface area contributed by atoms with Crippen LogP contribution in [-0.4, -0.2) is 24.1 Å². The Morgan fingerprint density at radius 1 is 1.15 bits per heavy atom. The number of anilines is 1. The largest absolute Gasteiger partial charge is 0.378 e. The van der Waals surface area contributed by atoms with Crippen LogP contribution in [0.25, 0.3) is 0 Å². The summed E-state index contributed by atoms with van der Waals surface area (Å²) in [5.41, 5.74) is 3.84. The number of aromatic nitrogens is 2. The third-order valence-corrected chi connectivity index (χ3v) is 3.52. The summed E-state index contributed by atoms with van der Waals surface area (Å²) in [4.78, 5) is 19.8. The van der Waals surface area contributed by atoms with E-state index in [9.17, 15) is 4.79 Å². The second kappa shape index (κ2) is 6.05. The molecule has 0 radical (unpaired) electrons. The minimum absolute atomic E-state index is 0.0951. The van der Waals surface area contributed by atoms with Crippen molar-refractivity contribution in [1.29, 1.82) is 0 Å². The molecule has 0 saturated carbocycles. The van der Waals surface area contributed by atoms with E-state index >= 15 is 0 Å². The molecular formula is C15H19N3OS. The van der Waals surface area contributed by atoms with Crippen LogP contribution in [0.15, 0.2) is 29.1 Å². The monoisotopic (exact) mass is 289 g/mol. The molecule has 2 rings (SSSR count). The van der Waals surface area contributed by atoms with Crippen molar-refractivity contribution in [1.82, 2.24) is 9.97 Å². The lowest BCUT2D eigenvalue weighted by Crippen LogP contribution is -2.18. The van der Waals surface area contributed by atoms with Crippen molar-refractivity contribution >= 4 is 17.9 Å². The van der Waals surface area contributed by atoms with E-state index in [0.717, 1.165) is 28.9 Å². The maximum Gasteiger partial charge on any atom is 0.255 e. The number of nitrogens with zero attached hydrogens (tertiary/aromatic N) is 1. The summed E-state index contributed by atoms with van der Waals surface area (Å²) in [6.45, 7) is 2.01. The standard InChI is InChI=1S/C15H19N3OS/c1-4-13-12(14(19)17-15(20)16-13)9-10-5-7-11(8-6-10)18(2)3/h5-8H,4,9H2,1-3H3,(H2,16,17,19,20). The second-order valence-corrected chi connectivity index (χ2v) is 5.36. The molecule has 2 aromatic rings. The first-order chi connectivity index (χ1) is 9.51. The van der Waals surface area contributed by atoms with Gasteiger partial charge in [-0.15, -0.1) is 0 Å². The molecule has 0 spiro atoms. The van der Waals surface area contributed by atoms with Crippen LogP contribution in [-0.2, 0) is 12.8 Å². The fourth-order valence-corrected chi connectivity index (χ4v) is 2.38. The first-order valence-corrected chi connectivity index (χ1v) is 7.02. The van der Waals surface area contributed by atoms with E-state index in [2.05, 4.69) is 34.2 Å². The van der Waals surface area contributed by atoms with Crippen LogP contribution in [0.1, 0.15) is 23.7 Å². The third-order valence-electron chi connectivity index (χ3n) is 3.32. The highest BCUT2D eigenvalue weighted by Gasteiger charge is 2.08. The van der Waals surface area contributed by atoms with Gasteiger partial charge in [0.05, 0.1) is 0 Å². The van der Waals surface area contributed by atoms with Gasteiger partial charge >= 0.3 is 0 Å². The Balaban J connectivity index is 2.35. The minimum atomic E-state index is -0.0951. The number of rotatable bonds is 4. The van der Waals surface area contributed by atoms with Crippen molar-refractivity contribution in [3.63, 3.8) is 0 Å². The van der Waals surface area contributed by atoms with Crippen molar-refractivity contribution < 1.29 is 0 Å². The average Bonchev–Trinajstić information content (AvgIpc) is 2.42. The number of H-pyrrole nitrogens is 2. The number of hydrogen-bond donors (Lipinski definition) is 2. The van der Waals surface area contributed by atoms with E-state index in [1.54, 1.807) is 0 Å². The maximum absolute atomic E-state index is 12.0. The van der Waals surface area contributed by atoms with E-state index in [1.807, 2.05) is 25.9 Å². The first kappa shape index (κ1) is 14.5. The van der Waals surface area contributed by atoms with Crippen LogP contribution < -0.4 is 10.5 Å². The number of nitrogens with one attached hydrogen (secondary N) is 2. The number of aryl methyl sites for hydroxylation is 1. The van der Waals surface area contributed by atoms with Crippen molar-refractivity contribution in [3.05, 3.63) is 56.2 Å². The normalized spacial score (nSPS) is 10.6. The van der Waals surface area contributed by atoms with Gasteiger partial charge in [0.25, 0.3) is 5.56 Å². The molecule has 1 aromatic heterocycles. The average molecular weight is 289 g/mol. The molecule has 0 aliphatic rings.